The van der Waals surface area contributed by atoms with Gasteiger partial charge < -0.3 is 9.15 Å². The second kappa shape index (κ2) is 7.36. The molecule has 26 heavy (non-hydrogen) atoms. The first kappa shape index (κ1) is 18.2. The van der Waals surface area contributed by atoms with Crippen LogP contribution in [-0.4, -0.2) is 29.0 Å². The van der Waals surface area contributed by atoms with E-state index >= 15 is 0 Å². The van der Waals surface area contributed by atoms with Gasteiger partial charge in [0.1, 0.15) is 22.5 Å². The van der Waals surface area contributed by atoms with Crippen LogP contribution in [0.25, 0.3) is 0 Å². The van der Waals surface area contributed by atoms with E-state index in [0.717, 1.165) is 12.1 Å². The van der Waals surface area contributed by atoms with Gasteiger partial charge in [-0.05, 0) is 43.2 Å². The SMILES string of the molecule is O=[N+]([O-])c1ccc(CN2CCC(Oc3ccc(C(F)(F)F)cc3)CC2)o1. The fourth-order valence-corrected chi connectivity index (χ4v) is 2.87. The summed E-state index contributed by atoms with van der Waals surface area (Å²) in [5.41, 5.74) is -0.702. The summed E-state index contributed by atoms with van der Waals surface area (Å²) >= 11 is 0. The Hall–Kier alpha value is -2.55. The highest BCUT2D eigenvalue weighted by Crippen LogP contribution is 2.31. The van der Waals surface area contributed by atoms with E-state index in [0.29, 0.717) is 44.0 Å². The predicted octanol–water partition coefficient (Wildman–Crippen LogP) is 4.25. The highest BCUT2D eigenvalue weighted by molar-refractivity contribution is 5.29. The van der Waals surface area contributed by atoms with Crippen LogP contribution < -0.4 is 4.74 Å². The molecule has 0 bridgehead atoms. The number of ether oxygens (including phenoxy) is 1. The van der Waals surface area contributed by atoms with Crippen LogP contribution in [0.3, 0.4) is 0 Å². The van der Waals surface area contributed by atoms with Crippen LogP contribution in [-0.2, 0) is 12.7 Å². The lowest BCUT2D eigenvalue weighted by atomic mass is 10.1. The minimum absolute atomic E-state index is 0.0751. The molecule has 0 unspecified atom stereocenters. The van der Waals surface area contributed by atoms with Gasteiger partial charge in [-0.2, -0.15) is 13.2 Å². The van der Waals surface area contributed by atoms with Crippen molar-refractivity contribution in [1.82, 2.24) is 4.90 Å². The summed E-state index contributed by atoms with van der Waals surface area (Å²) in [5.74, 6) is 0.664. The van der Waals surface area contributed by atoms with Crippen molar-refractivity contribution in [3.8, 4) is 5.75 Å². The highest BCUT2D eigenvalue weighted by Gasteiger charge is 2.30. The number of rotatable bonds is 5. The molecule has 1 fully saturated rings. The lowest BCUT2D eigenvalue weighted by molar-refractivity contribution is -0.402. The third kappa shape index (κ3) is 4.54. The summed E-state index contributed by atoms with van der Waals surface area (Å²) in [7, 11) is 0. The first-order valence-electron chi connectivity index (χ1n) is 8.10. The molecule has 1 saturated heterocycles. The number of nitrogens with zero attached hydrogens (tertiary/aromatic N) is 2. The topological polar surface area (TPSA) is 68.8 Å². The fourth-order valence-electron chi connectivity index (χ4n) is 2.87. The second-order valence-electron chi connectivity index (χ2n) is 6.11. The van der Waals surface area contributed by atoms with Crippen LogP contribution in [0.2, 0.25) is 0 Å². The van der Waals surface area contributed by atoms with Crippen molar-refractivity contribution in [2.45, 2.75) is 31.7 Å². The number of alkyl halides is 3. The third-order valence-corrected chi connectivity index (χ3v) is 4.23. The van der Waals surface area contributed by atoms with Gasteiger partial charge in [0.2, 0.25) is 0 Å². The van der Waals surface area contributed by atoms with E-state index in [4.69, 9.17) is 9.15 Å². The molecule has 2 aromatic rings. The van der Waals surface area contributed by atoms with Crippen molar-refractivity contribution in [2.24, 2.45) is 0 Å². The normalized spacial score (nSPS) is 16.6. The molecule has 3 rings (SSSR count). The summed E-state index contributed by atoms with van der Waals surface area (Å²) in [6.45, 7) is 1.89. The molecule has 0 N–H and O–H groups in total. The van der Waals surface area contributed by atoms with E-state index in [9.17, 15) is 23.3 Å². The van der Waals surface area contributed by atoms with Crippen LogP contribution in [0.1, 0.15) is 24.2 Å². The summed E-state index contributed by atoms with van der Waals surface area (Å²) in [6.07, 6.45) is -3.01. The van der Waals surface area contributed by atoms with Gasteiger partial charge in [-0.15, -0.1) is 0 Å². The monoisotopic (exact) mass is 370 g/mol. The van der Waals surface area contributed by atoms with Gasteiger partial charge in [-0.1, -0.05) is 0 Å². The molecule has 2 heterocycles. The van der Waals surface area contributed by atoms with Crippen molar-refractivity contribution in [3.63, 3.8) is 0 Å². The molecule has 0 amide bonds. The quantitative estimate of drug-likeness (QED) is 0.581. The van der Waals surface area contributed by atoms with Crippen molar-refractivity contribution >= 4 is 5.88 Å². The van der Waals surface area contributed by atoms with Crippen LogP contribution in [0.4, 0.5) is 19.1 Å². The fraction of sp³-hybridized carbons (Fsp3) is 0.412. The average Bonchev–Trinajstić information content (AvgIpc) is 3.05. The maximum absolute atomic E-state index is 12.6. The highest BCUT2D eigenvalue weighted by atomic mass is 19.4. The van der Waals surface area contributed by atoms with Gasteiger partial charge in [0.05, 0.1) is 18.2 Å². The zero-order valence-corrected chi connectivity index (χ0v) is 13.7. The van der Waals surface area contributed by atoms with E-state index in [2.05, 4.69) is 4.90 Å². The largest absolute Gasteiger partial charge is 0.490 e. The number of piperidine rings is 1. The first-order chi connectivity index (χ1) is 12.3. The average molecular weight is 370 g/mol. The Morgan fingerprint density at radius 3 is 2.35 bits per heavy atom. The van der Waals surface area contributed by atoms with Gasteiger partial charge in [0.25, 0.3) is 0 Å². The molecule has 0 spiro atoms. The van der Waals surface area contributed by atoms with Gasteiger partial charge in [0, 0.05) is 13.1 Å². The third-order valence-electron chi connectivity index (χ3n) is 4.23. The smallest absolute Gasteiger partial charge is 0.433 e. The molecule has 0 aliphatic carbocycles. The standard InChI is InChI=1S/C17H17F3N2O4/c18-17(19,20)12-1-3-13(4-2-12)25-14-7-9-21(10-8-14)11-15-5-6-16(26-15)22(23)24/h1-6,14H,7-11H2. The Kier molecular flexibility index (Phi) is 5.17. The second-order valence-corrected chi connectivity index (χ2v) is 6.11. The van der Waals surface area contributed by atoms with E-state index < -0.39 is 16.7 Å². The summed E-state index contributed by atoms with van der Waals surface area (Å²) in [5, 5.41) is 10.6. The number of furan rings is 1. The Bertz CT molecular complexity index is 750. The first-order valence-corrected chi connectivity index (χ1v) is 8.10. The van der Waals surface area contributed by atoms with Crippen LogP contribution >= 0.6 is 0 Å². The molecule has 1 aromatic heterocycles. The number of hydrogen-bond donors (Lipinski definition) is 0. The number of nitro groups is 1. The van der Waals surface area contributed by atoms with Crippen LogP contribution in [0.5, 0.6) is 5.75 Å². The number of benzene rings is 1. The molecular weight excluding hydrogens is 353 g/mol. The molecule has 0 saturated carbocycles. The number of likely N-dealkylation sites (tertiary alicyclic amines) is 1. The van der Waals surface area contributed by atoms with Crippen molar-refractivity contribution < 1.29 is 27.2 Å². The minimum atomic E-state index is -4.36. The molecule has 0 atom stereocenters. The molecule has 1 aromatic carbocycles. The predicted molar refractivity (Wildman–Crippen MR) is 85.7 cm³/mol. The minimum Gasteiger partial charge on any atom is -0.490 e. The van der Waals surface area contributed by atoms with Crippen molar-refractivity contribution in [2.75, 3.05) is 13.1 Å². The van der Waals surface area contributed by atoms with Gasteiger partial charge in [-0.25, -0.2) is 0 Å². The van der Waals surface area contributed by atoms with Crippen LogP contribution in [0.15, 0.2) is 40.8 Å². The van der Waals surface area contributed by atoms with E-state index in [1.54, 1.807) is 6.07 Å². The Morgan fingerprint density at radius 2 is 1.81 bits per heavy atom. The maximum Gasteiger partial charge on any atom is 0.433 e. The lowest BCUT2D eigenvalue weighted by Gasteiger charge is -2.31. The molecule has 0 radical (unpaired) electrons. The van der Waals surface area contributed by atoms with Gasteiger partial charge in [0.15, 0.2) is 0 Å². The Labute approximate surface area is 147 Å². The molecule has 140 valence electrons. The molecule has 1 aliphatic rings. The number of halogens is 3. The molecule has 6 nitrogen and oxygen atoms in total. The zero-order valence-electron chi connectivity index (χ0n) is 13.7. The zero-order chi connectivity index (χ0) is 18.7. The summed E-state index contributed by atoms with van der Waals surface area (Å²) in [4.78, 5) is 12.1. The van der Waals surface area contributed by atoms with Crippen LogP contribution in [0, 0.1) is 10.1 Å². The molecular formula is C17H17F3N2O4. The summed E-state index contributed by atoms with van der Waals surface area (Å²) in [6, 6.07) is 7.59. The van der Waals surface area contributed by atoms with E-state index in [1.807, 2.05) is 0 Å². The van der Waals surface area contributed by atoms with Gasteiger partial charge >= 0.3 is 12.1 Å². The lowest BCUT2D eigenvalue weighted by Crippen LogP contribution is -2.37. The molecule has 9 heteroatoms. The van der Waals surface area contributed by atoms with Crippen molar-refractivity contribution in [3.05, 3.63) is 57.8 Å². The number of hydrogen-bond acceptors (Lipinski definition) is 5. The summed E-state index contributed by atoms with van der Waals surface area (Å²) < 4.78 is 48.6. The van der Waals surface area contributed by atoms with Gasteiger partial charge in [-0.3, -0.25) is 15.0 Å². The van der Waals surface area contributed by atoms with E-state index in [-0.39, 0.29) is 12.0 Å². The Balaban J connectivity index is 1.48. The molecule has 1 aliphatic heterocycles. The van der Waals surface area contributed by atoms with E-state index in [1.165, 1.54) is 18.2 Å². The Morgan fingerprint density at radius 1 is 1.15 bits per heavy atom. The maximum atomic E-state index is 12.6. The van der Waals surface area contributed by atoms with Crippen molar-refractivity contribution in [1.29, 1.82) is 0 Å².